The van der Waals surface area contributed by atoms with E-state index in [2.05, 4.69) is 67.0 Å². The van der Waals surface area contributed by atoms with Crippen LogP contribution in [0.3, 0.4) is 0 Å². The standard InChI is InChI=1S/C28H33N3O2/c1-19-5-4-6-23-26(19)29-21(3)20(2)27(23)31-18-28(9-13-32-14-10-28)24-8-7-22(17-25(24)31)30-11-15-33-16-12-30/h4-8,17H,9-16,18H2,1-3H3. The lowest BCUT2D eigenvalue weighted by molar-refractivity contribution is 0.0558. The topological polar surface area (TPSA) is 37.8 Å². The van der Waals surface area contributed by atoms with Crippen molar-refractivity contribution in [2.75, 3.05) is 55.9 Å². The number of para-hydroxylation sites is 1. The van der Waals surface area contributed by atoms with Gasteiger partial charge in [0, 0.05) is 60.7 Å². The van der Waals surface area contributed by atoms with E-state index in [4.69, 9.17) is 14.5 Å². The van der Waals surface area contributed by atoms with Gasteiger partial charge in [-0.15, -0.1) is 0 Å². The molecule has 4 heterocycles. The zero-order chi connectivity index (χ0) is 22.6. The number of benzene rings is 2. The van der Waals surface area contributed by atoms with Gasteiger partial charge in [-0.1, -0.05) is 24.3 Å². The third-order valence-corrected chi connectivity index (χ3v) is 8.07. The van der Waals surface area contributed by atoms with E-state index in [1.807, 2.05) is 0 Å². The van der Waals surface area contributed by atoms with Gasteiger partial charge in [0.05, 0.1) is 24.4 Å². The molecule has 1 spiro atoms. The van der Waals surface area contributed by atoms with Gasteiger partial charge in [-0.2, -0.15) is 0 Å². The second-order valence-corrected chi connectivity index (χ2v) is 9.92. The number of nitrogens with zero attached hydrogens (tertiary/aromatic N) is 3. The van der Waals surface area contributed by atoms with Crippen LogP contribution in [0.4, 0.5) is 17.1 Å². The van der Waals surface area contributed by atoms with Gasteiger partial charge in [-0.05, 0) is 62.4 Å². The van der Waals surface area contributed by atoms with E-state index in [-0.39, 0.29) is 5.41 Å². The van der Waals surface area contributed by atoms with E-state index in [0.717, 1.165) is 70.1 Å². The predicted molar refractivity (Wildman–Crippen MR) is 134 cm³/mol. The lowest BCUT2D eigenvalue weighted by Crippen LogP contribution is -2.37. The van der Waals surface area contributed by atoms with E-state index in [9.17, 15) is 0 Å². The van der Waals surface area contributed by atoms with Crippen LogP contribution in [0.25, 0.3) is 10.9 Å². The lowest BCUT2D eigenvalue weighted by atomic mass is 9.76. The molecule has 0 amide bonds. The van der Waals surface area contributed by atoms with Crippen LogP contribution in [-0.2, 0) is 14.9 Å². The van der Waals surface area contributed by atoms with Crippen molar-refractivity contribution in [3.8, 4) is 0 Å². The Hall–Kier alpha value is -2.63. The normalized spacial score (nSPS) is 20.0. The van der Waals surface area contributed by atoms with Crippen LogP contribution in [0.15, 0.2) is 36.4 Å². The second-order valence-electron chi connectivity index (χ2n) is 9.92. The van der Waals surface area contributed by atoms with Gasteiger partial charge >= 0.3 is 0 Å². The molecule has 0 saturated carbocycles. The first-order valence-corrected chi connectivity index (χ1v) is 12.3. The van der Waals surface area contributed by atoms with Gasteiger partial charge in [-0.25, -0.2) is 0 Å². The molecule has 33 heavy (non-hydrogen) atoms. The largest absolute Gasteiger partial charge is 0.381 e. The molecule has 0 unspecified atom stereocenters. The first-order valence-electron chi connectivity index (χ1n) is 12.3. The van der Waals surface area contributed by atoms with Crippen LogP contribution in [-0.4, -0.2) is 51.0 Å². The maximum atomic E-state index is 5.81. The van der Waals surface area contributed by atoms with Crippen LogP contribution in [0, 0.1) is 20.8 Å². The molecule has 172 valence electrons. The monoisotopic (exact) mass is 443 g/mol. The number of rotatable bonds is 2. The minimum Gasteiger partial charge on any atom is -0.381 e. The number of morpholine rings is 1. The Balaban J connectivity index is 1.56. The Morgan fingerprint density at radius 1 is 0.909 bits per heavy atom. The Morgan fingerprint density at radius 3 is 2.45 bits per heavy atom. The van der Waals surface area contributed by atoms with Crippen LogP contribution < -0.4 is 9.80 Å². The fraction of sp³-hybridized carbons (Fsp3) is 0.464. The van der Waals surface area contributed by atoms with E-state index in [0.29, 0.717) is 0 Å². The molecule has 3 aliphatic rings. The van der Waals surface area contributed by atoms with Gasteiger partial charge < -0.3 is 19.3 Å². The molecular formula is C28H33N3O2. The van der Waals surface area contributed by atoms with Crippen molar-refractivity contribution in [2.45, 2.75) is 39.0 Å². The van der Waals surface area contributed by atoms with E-state index in [1.54, 1.807) is 0 Å². The third kappa shape index (κ3) is 3.32. The van der Waals surface area contributed by atoms with E-state index >= 15 is 0 Å². The molecule has 2 saturated heterocycles. The Bertz CT molecular complexity index is 1210. The summed E-state index contributed by atoms with van der Waals surface area (Å²) in [5, 5.41) is 1.25. The molecule has 3 aromatic rings. The fourth-order valence-electron chi connectivity index (χ4n) is 6.04. The first kappa shape index (κ1) is 20.9. The SMILES string of the molecule is Cc1nc2c(C)cccc2c(N2CC3(CCOCC3)c3ccc(N4CCOCC4)cc32)c1C. The average molecular weight is 444 g/mol. The number of aromatic nitrogens is 1. The Kier molecular flexibility index (Phi) is 5.07. The maximum absolute atomic E-state index is 5.81. The summed E-state index contributed by atoms with van der Waals surface area (Å²) in [5.41, 5.74) is 10.4. The predicted octanol–water partition coefficient (Wildman–Crippen LogP) is 5.20. The number of fused-ring (bicyclic) bond motifs is 3. The quantitative estimate of drug-likeness (QED) is 0.544. The number of hydrogen-bond donors (Lipinski definition) is 0. The lowest BCUT2D eigenvalue weighted by Gasteiger charge is -2.35. The molecule has 0 atom stereocenters. The van der Waals surface area contributed by atoms with Crippen molar-refractivity contribution >= 4 is 28.0 Å². The summed E-state index contributed by atoms with van der Waals surface area (Å²) >= 11 is 0. The number of anilines is 3. The van der Waals surface area contributed by atoms with Gasteiger partial charge in [0.25, 0.3) is 0 Å². The maximum Gasteiger partial charge on any atom is 0.0755 e. The molecule has 2 fully saturated rings. The van der Waals surface area contributed by atoms with Crippen molar-refractivity contribution in [1.82, 2.24) is 4.98 Å². The van der Waals surface area contributed by atoms with Crippen molar-refractivity contribution in [2.24, 2.45) is 0 Å². The van der Waals surface area contributed by atoms with Crippen molar-refractivity contribution < 1.29 is 9.47 Å². The zero-order valence-electron chi connectivity index (χ0n) is 20.0. The third-order valence-electron chi connectivity index (χ3n) is 8.07. The Morgan fingerprint density at radius 2 is 1.67 bits per heavy atom. The summed E-state index contributed by atoms with van der Waals surface area (Å²) in [6, 6.07) is 13.8. The summed E-state index contributed by atoms with van der Waals surface area (Å²) in [4.78, 5) is 10.1. The number of hydrogen-bond acceptors (Lipinski definition) is 5. The summed E-state index contributed by atoms with van der Waals surface area (Å²) in [6.07, 6.45) is 2.15. The van der Waals surface area contributed by atoms with Crippen molar-refractivity contribution in [1.29, 1.82) is 0 Å². The molecule has 2 aromatic carbocycles. The highest BCUT2D eigenvalue weighted by Crippen LogP contribution is 2.52. The van der Waals surface area contributed by atoms with Crippen LogP contribution in [0.2, 0.25) is 0 Å². The van der Waals surface area contributed by atoms with Crippen LogP contribution in [0.1, 0.15) is 35.2 Å². The zero-order valence-corrected chi connectivity index (χ0v) is 20.0. The molecule has 0 bridgehead atoms. The molecule has 6 rings (SSSR count). The highest BCUT2D eigenvalue weighted by molar-refractivity contribution is 5.98. The number of pyridine rings is 1. The minimum atomic E-state index is 0.150. The summed E-state index contributed by atoms with van der Waals surface area (Å²) < 4.78 is 11.4. The molecule has 0 N–H and O–H groups in total. The highest BCUT2D eigenvalue weighted by atomic mass is 16.5. The second kappa shape index (κ2) is 8.00. The molecule has 0 aliphatic carbocycles. The Labute approximate surface area is 196 Å². The number of aryl methyl sites for hydroxylation is 2. The molecule has 5 nitrogen and oxygen atoms in total. The first-order chi connectivity index (χ1) is 16.1. The van der Waals surface area contributed by atoms with E-state index in [1.165, 1.54) is 39.1 Å². The molecule has 3 aliphatic heterocycles. The molecule has 0 radical (unpaired) electrons. The average Bonchev–Trinajstić information content (AvgIpc) is 3.14. The summed E-state index contributed by atoms with van der Waals surface area (Å²) in [6.45, 7) is 12.7. The summed E-state index contributed by atoms with van der Waals surface area (Å²) in [5.74, 6) is 0. The minimum absolute atomic E-state index is 0.150. The number of ether oxygens (including phenoxy) is 2. The van der Waals surface area contributed by atoms with E-state index < -0.39 is 0 Å². The molecule has 5 heteroatoms. The van der Waals surface area contributed by atoms with Gasteiger partial charge in [0.15, 0.2) is 0 Å². The fourth-order valence-corrected chi connectivity index (χ4v) is 6.04. The molecular weight excluding hydrogens is 410 g/mol. The van der Waals surface area contributed by atoms with Gasteiger partial charge in [0.1, 0.15) is 0 Å². The van der Waals surface area contributed by atoms with Crippen molar-refractivity contribution in [3.63, 3.8) is 0 Å². The van der Waals surface area contributed by atoms with Gasteiger partial charge in [-0.3, -0.25) is 4.98 Å². The smallest absolute Gasteiger partial charge is 0.0755 e. The highest BCUT2D eigenvalue weighted by Gasteiger charge is 2.45. The van der Waals surface area contributed by atoms with Crippen LogP contribution in [0.5, 0.6) is 0 Å². The summed E-state index contributed by atoms with van der Waals surface area (Å²) in [7, 11) is 0. The molecule has 1 aromatic heterocycles. The van der Waals surface area contributed by atoms with Gasteiger partial charge in [0.2, 0.25) is 0 Å². The van der Waals surface area contributed by atoms with Crippen molar-refractivity contribution in [3.05, 3.63) is 58.8 Å². The van der Waals surface area contributed by atoms with Crippen LogP contribution >= 0.6 is 0 Å².